The van der Waals surface area contributed by atoms with E-state index in [1.165, 1.54) is 5.56 Å². The van der Waals surface area contributed by atoms with Crippen LogP contribution in [0.1, 0.15) is 71.8 Å². The molecule has 184 valence electrons. The van der Waals surface area contributed by atoms with Crippen LogP contribution in [0.5, 0.6) is 0 Å². The predicted octanol–water partition coefficient (Wildman–Crippen LogP) is 5.95. The zero-order valence-corrected chi connectivity index (χ0v) is 20.4. The van der Waals surface area contributed by atoms with Gasteiger partial charge in [0, 0.05) is 5.57 Å². The lowest BCUT2D eigenvalue weighted by molar-refractivity contribution is -0.114. The van der Waals surface area contributed by atoms with Crippen LogP contribution in [0.15, 0.2) is 90.5 Å². The highest BCUT2D eigenvalue weighted by Gasteiger charge is 2.38. The lowest BCUT2D eigenvalue weighted by Gasteiger charge is -2.18. The summed E-state index contributed by atoms with van der Waals surface area (Å²) in [5.41, 5.74) is 7.95. The first kappa shape index (κ1) is 24.0. The molecule has 0 saturated carbocycles. The first-order valence-corrected chi connectivity index (χ1v) is 12.4. The summed E-state index contributed by atoms with van der Waals surface area (Å²) in [4.78, 5) is 25.3. The smallest absolute Gasteiger partial charge is 0.336 e. The van der Waals surface area contributed by atoms with Crippen LogP contribution < -0.4 is 10.4 Å². The Bertz CT molecular complexity index is 1280. The van der Waals surface area contributed by atoms with E-state index in [9.17, 15) is 14.7 Å². The fourth-order valence-electron chi connectivity index (χ4n) is 4.96. The first-order chi connectivity index (χ1) is 17.4. The molecule has 0 radical (unpaired) electrons. The molecular weight excluding hydrogens is 452 g/mol. The fourth-order valence-corrected chi connectivity index (χ4v) is 4.96. The van der Waals surface area contributed by atoms with E-state index in [4.69, 9.17) is 4.74 Å². The van der Waals surface area contributed by atoms with Crippen molar-refractivity contribution in [3.8, 4) is 0 Å². The summed E-state index contributed by atoms with van der Waals surface area (Å²) in [7, 11) is 0. The SMILES string of the molecule is CC(C)c1ccc(N2NC(c3ccccc3)/C(=C/C3CCC(c4ccccc4C(=O)O)O3)C2=O)cc1. The van der Waals surface area contributed by atoms with Crippen molar-refractivity contribution in [1.29, 1.82) is 0 Å². The average molecular weight is 483 g/mol. The summed E-state index contributed by atoms with van der Waals surface area (Å²) in [5, 5.41) is 11.2. The van der Waals surface area contributed by atoms with E-state index >= 15 is 0 Å². The fraction of sp³-hybridized carbons (Fsp3) is 0.267. The number of carboxylic acid groups (broad SMARTS) is 1. The van der Waals surface area contributed by atoms with Gasteiger partial charge in [0.25, 0.3) is 5.91 Å². The molecule has 2 aliphatic heterocycles. The number of aromatic carboxylic acids is 1. The summed E-state index contributed by atoms with van der Waals surface area (Å²) in [5.74, 6) is -0.666. The number of carboxylic acids is 1. The second-order valence-corrected chi connectivity index (χ2v) is 9.61. The zero-order chi connectivity index (χ0) is 25.2. The third-order valence-corrected chi connectivity index (χ3v) is 6.93. The molecule has 0 aliphatic carbocycles. The maximum absolute atomic E-state index is 13.7. The van der Waals surface area contributed by atoms with Gasteiger partial charge >= 0.3 is 5.97 Å². The zero-order valence-electron chi connectivity index (χ0n) is 20.4. The van der Waals surface area contributed by atoms with E-state index in [2.05, 4.69) is 31.4 Å². The number of benzene rings is 3. The van der Waals surface area contributed by atoms with Gasteiger partial charge in [0.1, 0.15) is 0 Å². The van der Waals surface area contributed by atoms with Crippen molar-refractivity contribution in [2.45, 2.75) is 50.9 Å². The maximum Gasteiger partial charge on any atom is 0.336 e. The van der Waals surface area contributed by atoms with E-state index < -0.39 is 5.97 Å². The number of nitrogens with zero attached hydrogens (tertiary/aromatic N) is 1. The molecule has 0 aromatic heterocycles. The largest absolute Gasteiger partial charge is 0.478 e. The molecule has 6 heteroatoms. The minimum Gasteiger partial charge on any atom is -0.478 e. The molecule has 36 heavy (non-hydrogen) atoms. The van der Waals surface area contributed by atoms with E-state index in [1.807, 2.05) is 54.6 Å². The number of anilines is 1. The minimum absolute atomic E-state index is 0.112. The van der Waals surface area contributed by atoms with Crippen LogP contribution >= 0.6 is 0 Å². The number of rotatable bonds is 6. The van der Waals surface area contributed by atoms with Crippen LogP contribution in [0.2, 0.25) is 0 Å². The lowest BCUT2D eigenvalue weighted by atomic mass is 9.97. The Morgan fingerprint density at radius 2 is 1.69 bits per heavy atom. The standard InChI is InChI=1S/C30H30N2O4/c1-19(2)20-12-14-22(15-13-20)32-29(33)26(28(31-32)21-8-4-3-5-9-21)18-23-16-17-27(36-23)24-10-6-7-11-25(24)30(34)35/h3-15,18-19,23,27-28,31H,16-17H2,1-2H3,(H,34,35)/b26-18-. The topological polar surface area (TPSA) is 78.9 Å². The monoisotopic (exact) mass is 482 g/mol. The molecule has 0 bridgehead atoms. The van der Waals surface area contributed by atoms with Crippen molar-refractivity contribution >= 4 is 17.6 Å². The molecule has 3 atom stereocenters. The van der Waals surface area contributed by atoms with Gasteiger partial charge in [-0.2, -0.15) is 0 Å². The van der Waals surface area contributed by atoms with Crippen molar-refractivity contribution in [2.24, 2.45) is 0 Å². The number of hydrogen-bond donors (Lipinski definition) is 2. The van der Waals surface area contributed by atoms with Crippen LogP contribution in [0.4, 0.5) is 5.69 Å². The molecule has 0 spiro atoms. The van der Waals surface area contributed by atoms with Gasteiger partial charge in [-0.3, -0.25) is 4.79 Å². The van der Waals surface area contributed by atoms with Crippen LogP contribution in [-0.4, -0.2) is 23.1 Å². The van der Waals surface area contributed by atoms with Crippen molar-refractivity contribution in [3.63, 3.8) is 0 Å². The summed E-state index contributed by atoms with van der Waals surface area (Å²) in [6, 6.07) is 24.6. The predicted molar refractivity (Wildman–Crippen MR) is 139 cm³/mol. The molecule has 2 N–H and O–H groups in total. The van der Waals surface area contributed by atoms with Gasteiger partial charge in [-0.1, -0.05) is 74.5 Å². The number of carbonyl (C=O) groups excluding carboxylic acids is 1. The average Bonchev–Trinajstić information content (AvgIpc) is 3.49. The molecule has 3 aromatic rings. The van der Waals surface area contributed by atoms with Gasteiger partial charge in [-0.15, -0.1) is 0 Å². The van der Waals surface area contributed by atoms with E-state index in [0.29, 0.717) is 29.9 Å². The van der Waals surface area contributed by atoms with E-state index in [0.717, 1.165) is 11.3 Å². The number of ether oxygens (including phenoxy) is 1. The first-order valence-electron chi connectivity index (χ1n) is 12.4. The number of hydrazine groups is 1. The number of amides is 1. The number of nitrogens with one attached hydrogen (secondary N) is 1. The normalized spacial score (nSPS) is 23.1. The summed E-state index contributed by atoms with van der Waals surface area (Å²) in [6.45, 7) is 4.29. The van der Waals surface area contributed by atoms with Crippen LogP contribution in [0, 0.1) is 0 Å². The Morgan fingerprint density at radius 1 is 1.00 bits per heavy atom. The summed E-state index contributed by atoms with van der Waals surface area (Å²) >= 11 is 0. The van der Waals surface area contributed by atoms with Gasteiger partial charge < -0.3 is 9.84 Å². The van der Waals surface area contributed by atoms with Gasteiger partial charge in [0.2, 0.25) is 0 Å². The quantitative estimate of drug-likeness (QED) is 0.425. The molecule has 2 fully saturated rings. The lowest BCUT2D eigenvalue weighted by Crippen LogP contribution is -2.35. The van der Waals surface area contributed by atoms with Crippen LogP contribution in [0.3, 0.4) is 0 Å². The highest BCUT2D eigenvalue weighted by Crippen LogP contribution is 2.38. The van der Waals surface area contributed by atoms with Gasteiger partial charge in [0.15, 0.2) is 0 Å². The van der Waals surface area contributed by atoms with E-state index in [1.54, 1.807) is 23.2 Å². The maximum atomic E-state index is 13.7. The van der Waals surface area contributed by atoms with Crippen molar-refractivity contribution in [2.75, 3.05) is 5.01 Å². The van der Waals surface area contributed by atoms with Crippen molar-refractivity contribution < 1.29 is 19.4 Å². The molecule has 2 saturated heterocycles. The van der Waals surface area contributed by atoms with Gasteiger partial charge in [-0.05, 0) is 59.7 Å². The molecule has 6 nitrogen and oxygen atoms in total. The number of hydrogen-bond acceptors (Lipinski definition) is 4. The molecule has 2 heterocycles. The highest BCUT2D eigenvalue weighted by atomic mass is 16.5. The minimum atomic E-state index is -0.963. The highest BCUT2D eigenvalue weighted by molar-refractivity contribution is 6.08. The summed E-state index contributed by atoms with van der Waals surface area (Å²) in [6.07, 6.45) is 2.71. The Morgan fingerprint density at radius 3 is 2.39 bits per heavy atom. The second kappa shape index (κ2) is 10.1. The molecule has 1 amide bonds. The molecule has 2 aliphatic rings. The van der Waals surface area contributed by atoms with Crippen LogP contribution in [-0.2, 0) is 9.53 Å². The van der Waals surface area contributed by atoms with Crippen molar-refractivity contribution in [3.05, 3.63) is 113 Å². The molecule has 5 rings (SSSR count). The Balaban J connectivity index is 1.43. The molecule has 3 aromatic carbocycles. The third-order valence-electron chi connectivity index (χ3n) is 6.93. The van der Waals surface area contributed by atoms with Gasteiger partial charge in [0.05, 0.1) is 29.5 Å². The van der Waals surface area contributed by atoms with Gasteiger partial charge in [-0.25, -0.2) is 15.2 Å². The van der Waals surface area contributed by atoms with E-state index in [-0.39, 0.29) is 29.7 Å². The van der Waals surface area contributed by atoms with Crippen LogP contribution in [0.25, 0.3) is 0 Å². The van der Waals surface area contributed by atoms with Crippen molar-refractivity contribution in [1.82, 2.24) is 5.43 Å². The Hall–Kier alpha value is -3.74. The Kier molecular flexibility index (Phi) is 6.72. The molecular formula is C30H30N2O4. The molecule has 3 unspecified atom stereocenters. The second-order valence-electron chi connectivity index (χ2n) is 9.61. The number of carbonyl (C=O) groups is 2. The summed E-state index contributed by atoms with van der Waals surface area (Å²) < 4.78 is 6.28. The third kappa shape index (κ3) is 4.70. The Labute approximate surface area is 211 Å².